The zero-order valence-corrected chi connectivity index (χ0v) is 15.7. The van der Waals surface area contributed by atoms with E-state index in [1.807, 2.05) is 0 Å². The Morgan fingerprint density at radius 1 is 1.00 bits per heavy atom. The third-order valence-electron chi connectivity index (χ3n) is 5.05. The molecule has 1 rings (SSSR count). The van der Waals surface area contributed by atoms with E-state index in [1.54, 1.807) is 0 Å². The first kappa shape index (κ1) is 22.8. The maximum absolute atomic E-state index is 10.8. The minimum absolute atomic E-state index is 0.221. The molecule has 0 aliphatic carbocycles. The van der Waals surface area contributed by atoms with Gasteiger partial charge < -0.3 is 27.0 Å². The van der Waals surface area contributed by atoms with E-state index in [9.17, 15) is 9.59 Å². The highest BCUT2D eigenvalue weighted by molar-refractivity contribution is 5.92. The SMILES string of the molecule is NC(N)CC1CNCCN1CCCCCCCCCC(C(=O)O)C(=O)O. The lowest BCUT2D eigenvalue weighted by Gasteiger charge is -2.37. The molecule has 1 saturated heterocycles. The molecule has 8 nitrogen and oxygen atoms in total. The lowest BCUT2D eigenvalue weighted by molar-refractivity contribution is -0.154. The summed E-state index contributed by atoms with van der Waals surface area (Å²) in [4.78, 5) is 24.1. The summed E-state index contributed by atoms with van der Waals surface area (Å²) in [6.07, 6.45) is 7.98. The van der Waals surface area contributed by atoms with Gasteiger partial charge in [-0.25, -0.2) is 0 Å². The summed E-state index contributed by atoms with van der Waals surface area (Å²) in [5.74, 6) is -3.73. The van der Waals surface area contributed by atoms with Crippen molar-refractivity contribution < 1.29 is 19.8 Å². The smallest absolute Gasteiger partial charge is 0.317 e. The van der Waals surface area contributed by atoms with E-state index >= 15 is 0 Å². The number of aliphatic carboxylic acids is 2. The van der Waals surface area contributed by atoms with E-state index < -0.39 is 17.9 Å². The predicted octanol–water partition coefficient (Wildman–Crippen LogP) is 0.800. The molecule has 0 amide bonds. The summed E-state index contributed by atoms with van der Waals surface area (Å²) in [6, 6.07) is 0.431. The highest BCUT2D eigenvalue weighted by Crippen LogP contribution is 2.15. The Bertz CT molecular complexity index is 406. The summed E-state index contributed by atoms with van der Waals surface area (Å²) in [6.45, 7) is 4.10. The molecule has 0 aromatic heterocycles. The zero-order valence-electron chi connectivity index (χ0n) is 15.7. The highest BCUT2D eigenvalue weighted by atomic mass is 16.4. The van der Waals surface area contributed by atoms with Crippen molar-refractivity contribution in [2.45, 2.75) is 70.0 Å². The van der Waals surface area contributed by atoms with Crippen molar-refractivity contribution in [2.75, 3.05) is 26.2 Å². The monoisotopic (exact) mass is 372 g/mol. The van der Waals surface area contributed by atoms with E-state index in [0.717, 1.165) is 64.7 Å². The van der Waals surface area contributed by atoms with Crippen LogP contribution in [0.1, 0.15) is 57.8 Å². The van der Waals surface area contributed by atoms with Crippen molar-refractivity contribution in [1.82, 2.24) is 10.2 Å². The minimum atomic E-state index is -1.26. The molecule has 1 fully saturated rings. The number of nitrogens with one attached hydrogen (secondary N) is 1. The molecule has 0 bridgehead atoms. The first-order chi connectivity index (χ1) is 12.4. The molecule has 1 aliphatic rings. The Hall–Kier alpha value is -1.22. The Labute approximate surface area is 156 Å². The average Bonchev–Trinajstić information content (AvgIpc) is 2.56. The molecular weight excluding hydrogens is 336 g/mol. The summed E-state index contributed by atoms with van der Waals surface area (Å²) in [5.41, 5.74) is 11.5. The molecule has 0 spiro atoms. The number of rotatable bonds is 14. The van der Waals surface area contributed by atoms with Gasteiger partial charge in [0.2, 0.25) is 0 Å². The molecule has 8 heteroatoms. The zero-order chi connectivity index (χ0) is 19.4. The molecule has 0 aromatic carbocycles. The second-order valence-electron chi connectivity index (χ2n) is 7.29. The maximum atomic E-state index is 10.8. The molecule has 0 radical (unpaired) electrons. The van der Waals surface area contributed by atoms with Crippen molar-refractivity contribution in [1.29, 1.82) is 0 Å². The van der Waals surface area contributed by atoms with Crippen molar-refractivity contribution in [3.8, 4) is 0 Å². The summed E-state index contributed by atoms with van der Waals surface area (Å²) in [7, 11) is 0. The summed E-state index contributed by atoms with van der Waals surface area (Å²) >= 11 is 0. The van der Waals surface area contributed by atoms with Crippen molar-refractivity contribution in [3.05, 3.63) is 0 Å². The average molecular weight is 373 g/mol. The van der Waals surface area contributed by atoms with E-state index in [1.165, 1.54) is 6.42 Å². The van der Waals surface area contributed by atoms with Crippen molar-refractivity contribution in [3.63, 3.8) is 0 Å². The van der Waals surface area contributed by atoms with Gasteiger partial charge in [-0.15, -0.1) is 0 Å². The molecule has 1 atom stereocenters. The number of carboxylic acids is 2. The van der Waals surface area contributed by atoms with Crippen LogP contribution in [0.5, 0.6) is 0 Å². The van der Waals surface area contributed by atoms with Gasteiger partial charge in [0.25, 0.3) is 0 Å². The minimum Gasteiger partial charge on any atom is -0.481 e. The van der Waals surface area contributed by atoms with E-state index in [0.29, 0.717) is 12.5 Å². The topological polar surface area (TPSA) is 142 Å². The molecule has 1 aliphatic heterocycles. The molecule has 0 saturated carbocycles. The standard InChI is InChI=1S/C18H36N4O4/c19-16(20)12-14-13-21-9-11-22(14)10-7-5-3-1-2-4-6-8-15(17(23)24)18(25)26/h14-16,21H,1-13,19-20H2,(H,23,24)(H,25,26). The van der Waals surface area contributed by atoms with Gasteiger partial charge in [-0.1, -0.05) is 38.5 Å². The fourth-order valence-corrected chi connectivity index (χ4v) is 3.54. The van der Waals surface area contributed by atoms with Gasteiger partial charge in [-0.3, -0.25) is 14.5 Å². The third kappa shape index (κ3) is 9.47. The third-order valence-corrected chi connectivity index (χ3v) is 5.05. The van der Waals surface area contributed by atoms with Crippen LogP contribution in [-0.2, 0) is 9.59 Å². The van der Waals surface area contributed by atoms with Crippen LogP contribution in [0.15, 0.2) is 0 Å². The fourth-order valence-electron chi connectivity index (χ4n) is 3.54. The Morgan fingerprint density at radius 2 is 1.58 bits per heavy atom. The van der Waals surface area contributed by atoms with Crippen molar-refractivity contribution in [2.24, 2.45) is 17.4 Å². The number of carboxylic acid groups (broad SMARTS) is 2. The highest BCUT2D eigenvalue weighted by Gasteiger charge is 2.24. The molecule has 0 aromatic rings. The van der Waals surface area contributed by atoms with Crippen LogP contribution in [0.3, 0.4) is 0 Å². The van der Waals surface area contributed by atoms with Crippen molar-refractivity contribution >= 4 is 11.9 Å². The number of hydrogen-bond acceptors (Lipinski definition) is 6. The van der Waals surface area contributed by atoms with Gasteiger partial charge in [0.05, 0.1) is 6.17 Å². The largest absolute Gasteiger partial charge is 0.481 e. The molecule has 1 heterocycles. The number of hydrogen-bond donors (Lipinski definition) is 5. The Balaban J connectivity index is 2.03. The quantitative estimate of drug-likeness (QED) is 0.171. The molecular formula is C18H36N4O4. The maximum Gasteiger partial charge on any atom is 0.317 e. The summed E-state index contributed by atoms with van der Waals surface area (Å²) in [5, 5.41) is 21.0. The first-order valence-corrected chi connectivity index (χ1v) is 9.83. The molecule has 7 N–H and O–H groups in total. The van der Waals surface area contributed by atoms with Crippen LogP contribution < -0.4 is 16.8 Å². The van der Waals surface area contributed by atoms with Gasteiger partial charge in [0, 0.05) is 25.7 Å². The number of nitrogens with zero attached hydrogens (tertiary/aromatic N) is 1. The van der Waals surface area contributed by atoms with Crippen LogP contribution in [0.4, 0.5) is 0 Å². The van der Waals surface area contributed by atoms with Crippen LogP contribution in [0.2, 0.25) is 0 Å². The molecule has 152 valence electrons. The second-order valence-corrected chi connectivity index (χ2v) is 7.29. The molecule has 1 unspecified atom stereocenters. The lowest BCUT2D eigenvalue weighted by Crippen LogP contribution is -2.54. The van der Waals surface area contributed by atoms with Gasteiger partial charge >= 0.3 is 11.9 Å². The van der Waals surface area contributed by atoms with Gasteiger partial charge in [0.15, 0.2) is 5.92 Å². The number of unbranched alkanes of at least 4 members (excludes halogenated alkanes) is 6. The first-order valence-electron chi connectivity index (χ1n) is 9.83. The van der Waals surface area contributed by atoms with Gasteiger partial charge in [0.1, 0.15) is 0 Å². The van der Waals surface area contributed by atoms with E-state index in [-0.39, 0.29) is 12.6 Å². The number of nitrogens with two attached hydrogens (primary N) is 2. The Kier molecular flexibility index (Phi) is 11.4. The molecule has 26 heavy (non-hydrogen) atoms. The lowest BCUT2D eigenvalue weighted by atomic mass is 10.0. The van der Waals surface area contributed by atoms with Crippen LogP contribution in [-0.4, -0.2) is 65.4 Å². The Morgan fingerprint density at radius 3 is 2.15 bits per heavy atom. The van der Waals surface area contributed by atoms with Gasteiger partial charge in [-0.2, -0.15) is 0 Å². The van der Waals surface area contributed by atoms with Crippen LogP contribution >= 0.6 is 0 Å². The second kappa shape index (κ2) is 13.0. The van der Waals surface area contributed by atoms with Crippen LogP contribution in [0.25, 0.3) is 0 Å². The summed E-state index contributed by atoms with van der Waals surface area (Å²) < 4.78 is 0. The van der Waals surface area contributed by atoms with Gasteiger partial charge in [-0.05, 0) is 25.8 Å². The normalized spacial score (nSPS) is 18.5. The van der Waals surface area contributed by atoms with E-state index in [2.05, 4.69) is 10.2 Å². The fraction of sp³-hybridized carbons (Fsp3) is 0.889. The predicted molar refractivity (Wildman–Crippen MR) is 101 cm³/mol. The number of carbonyl (C=O) groups is 2. The van der Waals surface area contributed by atoms with E-state index in [4.69, 9.17) is 21.7 Å². The van der Waals surface area contributed by atoms with Crippen LogP contribution in [0, 0.1) is 5.92 Å². The number of piperazine rings is 1.